The average molecular weight is 406 g/mol. The highest BCUT2D eigenvalue weighted by Crippen LogP contribution is 2.33. The Bertz CT molecular complexity index is 1130. The van der Waals surface area contributed by atoms with Crippen LogP contribution in [0.15, 0.2) is 53.3 Å². The van der Waals surface area contributed by atoms with Gasteiger partial charge in [-0.3, -0.25) is 9.36 Å². The molecule has 0 radical (unpaired) electrons. The molecule has 0 unspecified atom stereocenters. The number of amides is 1. The molecule has 30 heavy (non-hydrogen) atoms. The number of nitrogens with one attached hydrogen (secondary N) is 1. The van der Waals surface area contributed by atoms with E-state index in [1.165, 1.54) is 6.07 Å². The molecular weight excluding hydrogens is 383 g/mol. The van der Waals surface area contributed by atoms with Gasteiger partial charge in [-0.25, -0.2) is 14.3 Å². The highest BCUT2D eigenvalue weighted by atomic mass is 19.1. The number of carbonyl (C=O) groups excluding carboxylic acids is 1. The van der Waals surface area contributed by atoms with Crippen molar-refractivity contribution < 1.29 is 9.18 Å². The van der Waals surface area contributed by atoms with E-state index in [2.05, 4.69) is 10.2 Å². The maximum absolute atomic E-state index is 14.0. The number of nitrogens with zero attached hydrogens (tertiary/aromatic N) is 3. The van der Waals surface area contributed by atoms with Crippen LogP contribution in [0, 0.1) is 17.7 Å². The van der Waals surface area contributed by atoms with E-state index in [0.717, 1.165) is 36.9 Å². The Kier molecular flexibility index (Phi) is 4.73. The van der Waals surface area contributed by atoms with Crippen molar-refractivity contribution in [2.75, 3.05) is 13.1 Å². The van der Waals surface area contributed by atoms with Gasteiger partial charge in [0, 0.05) is 36.7 Å². The van der Waals surface area contributed by atoms with Crippen LogP contribution < -0.4 is 5.69 Å². The minimum Gasteiger partial charge on any atom is -0.342 e. The summed E-state index contributed by atoms with van der Waals surface area (Å²) in [5.41, 5.74) is 1.84. The molecule has 2 aliphatic rings. The molecular formula is C23H23FN4O2. The van der Waals surface area contributed by atoms with Gasteiger partial charge in [-0.2, -0.15) is 5.10 Å². The summed E-state index contributed by atoms with van der Waals surface area (Å²) in [5, 5.41) is 6.76. The number of likely N-dealkylation sites (tertiary alicyclic amines) is 1. The molecule has 154 valence electrons. The van der Waals surface area contributed by atoms with Gasteiger partial charge in [0.2, 0.25) is 5.91 Å². The average Bonchev–Trinajstić information content (AvgIpc) is 3.41. The van der Waals surface area contributed by atoms with Gasteiger partial charge in [-0.15, -0.1) is 0 Å². The summed E-state index contributed by atoms with van der Waals surface area (Å²) in [5.74, 6) is 1.02. The predicted molar refractivity (Wildman–Crippen MR) is 111 cm³/mol. The second-order valence-corrected chi connectivity index (χ2v) is 8.23. The number of benzene rings is 2. The number of carbonyl (C=O) groups is 1. The Morgan fingerprint density at radius 3 is 2.53 bits per heavy atom. The van der Waals surface area contributed by atoms with E-state index in [-0.39, 0.29) is 29.2 Å². The van der Waals surface area contributed by atoms with E-state index < -0.39 is 0 Å². The third kappa shape index (κ3) is 3.56. The summed E-state index contributed by atoms with van der Waals surface area (Å²) in [6, 6.07) is 14.0. The highest BCUT2D eigenvalue weighted by molar-refractivity contribution is 5.81. The minimum atomic E-state index is -0.270. The molecule has 0 bridgehead atoms. The Morgan fingerprint density at radius 1 is 1.07 bits per heavy atom. The number of hydrogen-bond acceptors (Lipinski definition) is 3. The molecule has 2 aromatic carbocycles. The third-order valence-electron chi connectivity index (χ3n) is 6.05. The number of hydrogen-bond donors (Lipinski definition) is 1. The van der Waals surface area contributed by atoms with Crippen molar-refractivity contribution >= 4 is 5.91 Å². The van der Waals surface area contributed by atoms with E-state index in [1.807, 2.05) is 29.2 Å². The molecule has 0 spiro atoms. The van der Waals surface area contributed by atoms with Gasteiger partial charge < -0.3 is 4.90 Å². The monoisotopic (exact) mass is 406 g/mol. The van der Waals surface area contributed by atoms with Crippen LogP contribution in [0.2, 0.25) is 0 Å². The van der Waals surface area contributed by atoms with Crippen LogP contribution in [0.25, 0.3) is 22.5 Å². The zero-order valence-electron chi connectivity index (χ0n) is 16.6. The maximum atomic E-state index is 14.0. The van der Waals surface area contributed by atoms with Crippen LogP contribution in [-0.4, -0.2) is 38.7 Å². The molecule has 7 heteroatoms. The number of H-pyrrole nitrogens is 1. The summed E-state index contributed by atoms with van der Waals surface area (Å²) >= 11 is 0. The molecule has 1 N–H and O–H groups in total. The fourth-order valence-corrected chi connectivity index (χ4v) is 4.23. The lowest BCUT2D eigenvalue weighted by atomic mass is 10.0. The van der Waals surface area contributed by atoms with Crippen molar-refractivity contribution in [3.8, 4) is 22.5 Å². The van der Waals surface area contributed by atoms with Crippen LogP contribution in [-0.2, 0) is 11.3 Å². The first-order valence-corrected chi connectivity index (χ1v) is 10.4. The van der Waals surface area contributed by atoms with Crippen molar-refractivity contribution in [3.05, 3.63) is 64.8 Å². The first-order valence-electron chi connectivity index (χ1n) is 10.4. The Hall–Kier alpha value is -3.22. The summed E-state index contributed by atoms with van der Waals surface area (Å²) in [4.78, 5) is 26.6. The Labute approximate surface area is 173 Å². The fraction of sp³-hybridized carbons (Fsp3) is 0.348. The van der Waals surface area contributed by atoms with Gasteiger partial charge >= 0.3 is 5.69 Å². The summed E-state index contributed by atoms with van der Waals surface area (Å²) in [6.45, 7) is 1.98. The van der Waals surface area contributed by atoms with E-state index >= 15 is 0 Å². The molecule has 2 heterocycles. The van der Waals surface area contributed by atoms with E-state index in [0.29, 0.717) is 24.5 Å². The standard InChI is InChI=1S/C23H23FN4O2/c24-20-4-2-1-3-19(20)16-5-7-17(8-6-16)21-25-26-23(30)28(21)14-15-11-12-27(13-15)22(29)18-9-10-18/h1-8,15,18H,9-14H2,(H,26,30)/t15-/m1/s1. The number of rotatable bonds is 5. The van der Waals surface area contributed by atoms with E-state index in [9.17, 15) is 14.0 Å². The quantitative estimate of drug-likeness (QED) is 0.707. The van der Waals surface area contributed by atoms with Crippen molar-refractivity contribution in [1.82, 2.24) is 19.7 Å². The molecule has 5 rings (SSSR count). The lowest BCUT2D eigenvalue weighted by molar-refractivity contribution is -0.131. The first-order chi connectivity index (χ1) is 14.6. The predicted octanol–water partition coefficient (Wildman–Crippen LogP) is 3.30. The normalized spacial score (nSPS) is 18.7. The zero-order chi connectivity index (χ0) is 20.7. The smallest absolute Gasteiger partial charge is 0.342 e. The largest absolute Gasteiger partial charge is 0.343 e. The van der Waals surface area contributed by atoms with Crippen molar-refractivity contribution in [3.63, 3.8) is 0 Å². The number of aromatic amines is 1. The molecule has 1 atom stereocenters. The van der Waals surface area contributed by atoms with Crippen LogP contribution in [0.1, 0.15) is 19.3 Å². The minimum absolute atomic E-state index is 0.226. The SMILES string of the molecule is O=C(C1CC1)N1CC[C@@H](Cn2c(-c3ccc(-c4ccccc4F)cc3)n[nH]c2=O)C1. The van der Waals surface area contributed by atoms with Gasteiger partial charge in [-0.1, -0.05) is 42.5 Å². The molecule has 3 aromatic rings. The summed E-state index contributed by atoms with van der Waals surface area (Å²) < 4.78 is 15.7. The molecule has 6 nitrogen and oxygen atoms in total. The van der Waals surface area contributed by atoms with Crippen LogP contribution in [0.4, 0.5) is 4.39 Å². The number of aromatic nitrogens is 3. The highest BCUT2D eigenvalue weighted by Gasteiger charge is 2.36. The van der Waals surface area contributed by atoms with Crippen molar-refractivity contribution in [2.45, 2.75) is 25.8 Å². The second kappa shape index (κ2) is 7.55. The Balaban J connectivity index is 1.35. The van der Waals surface area contributed by atoms with E-state index in [1.54, 1.807) is 22.8 Å². The molecule has 1 amide bonds. The molecule has 1 aromatic heterocycles. The van der Waals surface area contributed by atoms with Crippen LogP contribution in [0.3, 0.4) is 0 Å². The fourth-order valence-electron chi connectivity index (χ4n) is 4.23. The van der Waals surface area contributed by atoms with E-state index in [4.69, 9.17) is 0 Å². The Morgan fingerprint density at radius 2 is 1.80 bits per heavy atom. The first kappa shape index (κ1) is 18.8. The van der Waals surface area contributed by atoms with Gasteiger partial charge in [0.25, 0.3) is 0 Å². The molecule has 1 aliphatic heterocycles. The lowest BCUT2D eigenvalue weighted by Gasteiger charge is -2.16. The number of halogens is 1. The lowest BCUT2D eigenvalue weighted by Crippen LogP contribution is -2.31. The molecule has 2 fully saturated rings. The van der Waals surface area contributed by atoms with Gasteiger partial charge in [-0.05, 0) is 36.8 Å². The third-order valence-corrected chi connectivity index (χ3v) is 6.05. The summed E-state index contributed by atoms with van der Waals surface area (Å²) in [7, 11) is 0. The van der Waals surface area contributed by atoms with Crippen LogP contribution in [0.5, 0.6) is 0 Å². The maximum Gasteiger partial charge on any atom is 0.343 e. The summed E-state index contributed by atoms with van der Waals surface area (Å²) in [6.07, 6.45) is 2.91. The molecule has 1 saturated heterocycles. The molecule has 1 saturated carbocycles. The topological polar surface area (TPSA) is 71.0 Å². The van der Waals surface area contributed by atoms with Crippen molar-refractivity contribution in [2.24, 2.45) is 11.8 Å². The second-order valence-electron chi connectivity index (χ2n) is 8.23. The molecule has 1 aliphatic carbocycles. The van der Waals surface area contributed by atoms with Gasteiger partial charge in [0.05, 0.1) is 0 Å². The zero-order valence-corrected chi connectivity index (χ0v) is 16.6. The van der Waals surface area contributed by atoms with Gasteiger partial charge in [0.1, 0.15) is 5.82 Å². The van der Waals surface area contributed by atoms with Crippen LogP contribution >= 0.6 is 0 Å². The van der Waals surface area contributed by atoms with Crippen molar-refractivity contribution in [1.29, 1.82) is 0 Å². The van der Waals surface area contributed by atoms with Gasteiger partial charge in [0.15, 0.2) is 5.82 Å².